The molecule has 1 atom stereocenters. The lowest BCUT2D eigenvalue weighted by Crippen LogP contribution is -2.53. The summed E-state index contributed by atoms with van der Waals surface area (Å²) >= 11 is 0. The lowest BCUT2D eigenvalue weighted by molar-refractivity contribution is -0.138. The molecular weight excluding hydrogens is 396 g/mol. The SMILES string of the molecule is COc1ccccc1CN1CCC(NC(=O)C(C)N2C(=O)NC3(CCCC3)C2=O)CC1. The molecule has 2 saturated heterocycles. The van der Waals surface area contributed by atoms with Crippen LogP contribution in [0.2, 0.25) is 0 Å². The Balaban J connectivity index is 1.29. The molecule has 1 aromatic carbocycles. The van der Waals surface area contributed by atoms with E-state index in [-0.39, 0.29) is 17.9 Å². The minimum atomic E-state index is -0.806. The number of nitrogens with zero attached hydrogens (tertiary/aromatic N) is 2. The third kappa shape index (κ3) is 4.26. The summed E-state index contributed by atoms with van der Waals surface area (Å²) in [7, 11) is 1.68. The highest BCUT2D eigenvalue weighted by Gasteiger charge is 2.54. The number of amides is 4. The fourth-order valence-electron chi connectivity index (χ4n) is 5.06. The predicted octanol–water partition coefficient (Wildman–Crippen LogP) is 2.03. The van der Waals surface area contributed by atoms with Crippen molar-refractivity contribution in [2.45, 2.75) is 69.6 Å². The van der Waals surface area contributed by atoms with Crippen LogP contribution >= 0.6 is 0 Å². The van der Waals surface area contributed by atoms with E-state index in [2.05, 4.69) is 21.6 Å². The fraction of sp³-hybridized carbons (Fsp3) is 0.609. The van der Waals surface area contributed by atoms with Crippen LogP contribution in [-0.4, -0.2) is 65.5 Å². The summed E-state index contributed by atoms with van der Waals surface area (Å²) in [5.41, 5.74) is 0.371. The summed E-state index contributed by atoms with van der Waals surface area (Å²) in [6, 6.07) is 6.81. The Morgan fingerprint density at radius 2 is 1.90 bits per heavy atom. The van der Waals surface area contributed by atoms with Gasteiger partial charge in [0.05, 0.1) is 7.11 Å². The van der Waals surface area contributed by atoms with Gasteiger partial charge in [-0.2, -0.15) is 0 Å². The molecule has 168 valence electrons. The van der Waals surface area contributed by atoms with E-state index >= 15 is 0 Å². The average molecular weight is 429 g/mol. The van der Waals surface area contributed by atoms with Gasteiger partial charge >= 0.3 is 6.03 Å². The monoisotopic (exact) mass is 428 g/mol. The number of methoxy groups -OCH3 is 1. The maximum Gasteiger partial charge on any atom is 0.325 e. The van der Waals surface area contributed by atoms with Gasteiger partial charge in [-0.3, -0.25) is 14.5 Å². The van der Waals surface area contributed by atoms with E-state index in [1.54, 1.807) is 14.0 Å². The number of urea groups is 1. The van der Waals surface area contributed by atoms with Crippen molar-refractivity contribution in [3.05, 3.63) is 29.8 Å². The predicted molar refractivity (Wildman–Crippen MR) is 115 cm³/mol. The molecule has 8 nitrogen and oxygen atoms in total. The number of carbonyl (C=O) groups excluding carboxylic acids is 3. The van der Waals surface area contributed by atoms with Crippen LogP contribution in [0.15, 0.2) is 24.3 Å². The van der Waals surface area contributed by atoms with E-state index in [0.717, 1.165) is 61.5 Å². The van der Waals surface area contributed by atoms with Crippen LogP contribution in [0.25, 0.3) is 0 Å². The summed E-state index contributed by atoms with van der Waals surface area (Å²) in [6.45, 7) is 4.18. The van der Waals surface area contributed by atoms with Crippen molar-refractivity contribution in [1.29, 1.82) is 0 Å². The molecule has 0 bridgehead atoms. The lowest BCUT2D eigenvalue weighted by Gasteiger charge is -2.33. The Morgan fingerprint density at radius 3 is 2.58 bits per heavy atom. The first-order chi connectivity index (χ1) is 14.9. The van der Waals surface area contributed by atoms with Crippen LogP contribution in [0.3, 0.4) is 0 Å². The van der Waals surface area contributed by atoms with E-state index in [1.807, 2.05) is 18.2 Å². The number of imide groups is 1. The van der Waals surface area contributed by atoms with Crippen LogP contribution < -0.4 is 15.4 Å². The van der Waals surface area contributed by atoms with Crippen molar-refractivity contribution in [2.24, 2.45) is 0 Å². The highest BCUT2D eigenvalue weighted by Crippen LogP contribution is 2.35. The van der Waals surface area contributed by atoms with E-state index in [9.17, 15) is 14.4 Å². The van der Waals surface area contributed by atoms with Crippen molar-refractivity contribution >= 4 is 17.8 Å². The molecule has 31 heavy (non-hydrogen) atoms. The molecule has 2 aliphatic heterocycles. The van der Waals surface area contributed by atoms with Gasteiger partial charge < -0.3 is 15.4 Å². The molecule has 0 aromatic heterocycles. The second kappa shape index (κ2) is 8.86. The number of ether oxygens (including phenoxy) is 1. The Kier molecular flexibility index (Phi) is 6.18. The van der Waals surface area contributed by atoms with Gasteiger partial charge in [0, 0.05) is 31.2 Å². The highest BCUT2D eigenvalue weighted by molar-refractivity contribution is 6.10. The Hall–Kier alpha value is -2.61. The minimum Gasteiger partial charge on any atom is -0.496 e. The van der Waals surface area contributed by atoms with E-state index in [4.69, 9.17) is 4.74 Å². The Morgan fingerprint density at radius 1 is 1.23 bits per heavy atom. The zero-order valence-corrected chi connectivity index (χ0v) is 18.4. The third-order valence-electron chi connectivity index (χ3n) is 6.94. The summed E-state index contributed by atoms with van der Waals surface area (Å²) in [5.74, 6) is 0.381. The van der Waals surface area contributed by atoms with E-state index in [0.29, 0.717) is 12.8 Å². The molecule has 1 spiro atoms. The van der Waals surface area contributed by atoms with Crippen molar-refractivity contribution in [3.8, 4) is 5.75 Å². The topological polar surface area (TPSA) is 91.0 Å². The highest BCUT2D eigenvalue weighted by atomic mass is 16.5. The first kappa shape index (κ1) is 21.6. The molecule has 4 amide bonds. The summed E-state index contributed by atoms with van der Waals surface area (Å²) in [6.07, 6.45) is 4.83. The molecule has 3 aliphatic rings. The molecule has 4 rings (SSSR count). The van der Waals surface area contributed by atoms with Crippen LogP contribution in [0, 0.1) is 0 Å². The molecule has 2 heterocycles. The number of hydrogen-bond donors (Lipinski definition) is 2. The largest absolute Gasteiger partial charge is 0.496 e. The number of carbonyl (C=O) groups is 3. The van der Waals surface area contributed by atoms with Gasteiger partial charge in [0.1, 0.15) is 17.3 Å². The molecule has 0 radical (unpaired) electrons. The van der Waals surface area contributed by atoms with Gasteiger partial charge in [0.25, 0.3) is 5.91 Å². The minimum absolute atomic E-state index is 0.0464. The Bertz CT molecular complexity index is 844. The van der Waals surface area contributed by atoms with Gasteiger partial charge in [0.2, 0.25) is 5.91 Å². The number of piperidine rings is 1. The maximum absolute atomic E-state index is 12.9. The van der Waals surface area contributed by atoms with Crippen molar-refractivity contribution in [2.75, 3.05) is 20.2 Å². The average Bonchev–Trinajstić information content (AvgIpc) is 3.34. The van der Waals surface area contributed by atoms with Crippen molar-refractivity contribution in [3.63, 3.8) is 0 Å². The Labute approximate surface area is 183 Å². The molecule has 8 heteroatoms. The standard InChI is InChI=1S/C23H32N4O4/c1-16(27-21(29)23(25-22(27)30)11-5-6-12-23)20(28)24-18-9-13-26(14-10-18)15-17-7-3-4-8-19(17)31-2/h3-4,7-8,16,18H,5-6,9-15H2,1-2H3,(H,24,28)(H,25,30). The smallest absolute Gasteiger partial charge is 0.325 e. The zero-order chi connectivity index (χ0) is 22.0. The van der Waals surface area contributed by atoms with Crippen LogP contribution in [0.4, 0.5) is 4.79 Å². The number of hydrogen-bond acceptors (Lipinski definition) is 5. The number of para-hydroxylation sites is 1. The van der Waals surface area contributed by atoms with Gasteiger partial charge in [-0.25, -0.2) is 9.69 Å². The maximum atomic E-state index is 12.9. The second-order valence-corrected chi connectivity index (χ2v) is 8.94. The lowest BCUT2D eigenvalue weighted by atomic mass is 9.97. The van der Waals surface area contributed by atoms with Crippen molar-refractivity contribution < 1.29 is 19.1 Å². The quantitative estimate of drug-likeness (QED) is 0.677. The van der Waals surface area contributed by atoms with Crippen molar-refractivity contribution in [1.82, 2.24) is 20.4 Å². The molecule has 1 aliphatic carbocycles. The van der Waals surface area contributed by atoms with E-state index < -0.39 is 17.6 Å². The molecule has 1 unspecified atom stereocenters. The molecule has 1 aromatic rings. The van der Waals surface area contributed by atoms with Gasteiger partial charge in [-0.05, 0) is 38.7 Å². The molecule has 3 fully saturated rings. The van der Waals surface area contributed by atoms with Crippen LogP contribution in [0.1, 0.15) is 51.0 Å². The zero-order valence-electron chi connectivity index (χ0n) is 18.4. The second-order valence-electron chi connectivity index (χ2n) is 8.94. The summed E-state index contributed by atoms with van der Waals surface area (Å²) < 4.78 is 5.44. The normalized spacial score (nSPS) is 22.6. The third-order valence-corrected chi connectivity index (χ3v) is 6.94. The fourth-order valence-corrected chi connectivity index (χ4v) is 5.06. The molecule has 2 N–H and O–H groups in total. The van der Waals surface area contributed by atoms with Gasteiger partial charge in [-0.15, -0.1) is 0 Å². The first-order valence-electron chi connectivity index (χ1n) is 11.2. The number of likely N-dealkylation sites (tertiary alicyclic amines) is 1. The summed E-state index contributed by atoms with van der Waals surface area (Å²) in [4.78, 5) is 41.7. The first-order valence-corrected chi connectivity index (χ1v) is 11.2. The number of rotatable bonds is 6. The number of nitrogens with one attached hydrogen (secondary N) is 2. The van der Waals surface area contributed by atoms with E-state index in [1.165, 1.54) is 0 Å². The van der Waals surface area contributed by atoms with Crippen LogP contribution in [0.5, 0.6) is 5.75 Å². The molecule has 1 saturated carbocycles. The van der Waals surface area contributed by atoms with Gasteiger partial charge in [-0.1, -0.05) is 31.0 Å². The van der Waals surface area contributed by atoms with Gasteiger partial charge in [0.15, 0.2) is 0 Å². The summed E-state index contributed by atoms with van der Waals surface area (Å²) in [5, 5.41) is 5.91. The molecular formula is C23H32N4O4. The van der Waals surface area contributed by atoms with Crippen LogP contribution in [-0.2, 0) is 16.1 Å². The number of benzene rings is 1.